The van der Waals surface area contributed by atoms with Crippen LogP contribution in [-0.2, 0) is 4.79 Å². The molecule has 0 aliphatic carbocycles. The minimum absolute atomic E-state index is 0.0314. The van der Waals surface area contributed by atoms with Crippen molar-refractivity contribution < 1.29 is 33.0 Å². The summed E-state index contributed by atoms with van der Waals surface area (Å²) >= 11 is 0. The number of aromatic hydroxyl groups is 1. The van der Waals surface area contributed by atoms with Crippen molar-refractivity contribution in [3.63, 3.8) is 0 Å². The number of rotatable bonds is 3. The molecule has 0 radical (unpaired) electrons. The number of phenols is 1. The Morgan fingerprint density at radius 1 is 1.07 bits per heavy atom. The average molecular weight is 377 g/mol. The maximum absolute atomic E-state index is 14.6. The Hall–Kier alpha value is -3.29. The van der Waals surface area contributed by atoms with Gasteiger partial charge in [0.25, 0.3) is 5.91 Å². The molecule has 8 heteroatoms. The van der Waals surface area contributed by atoms with Gasteiger partial charge in [0, 0.05) is 11.1 Å². The van der Waals surface area contributed by atoms with Crippen molar-refractivity contribution in [2.24, 2.45) is 0 Å². The number of benzene rings is 2. The quantitative estimate of drug-likeness (QED) is 0.724. The highest BCUT2D eigenvalue weighted by atomic mass is 19.2. The van der Waals surface area contributed by atoms with E-state index in [4.69, 9.17) is 0 Å². The molecule has 2 aromatic carbocycles. The Morgan fingerprint density at radius 3 is 2.37 bits per heavy atom. The number of hydrogen-bond acceptors (Lipinski definition) is 3. The Kier molecular flexibility index (Phi) is 4.43. The van der Waals surface area contributed by atoms with Gasteiger partial charge in [-0.2, -0.15) is 0 Å². The van der Waals surface area contributed by atoms with Crippen molar-refractivity contribution in [2.75, 3.05) is 0 Å². The molecule has 0 aliphatic rings. The van der Waals surface area contributed by atoms with Crippen LogP contribution in [-0.4, -0.2) is 26.7 Å². The van der Waals surface area contributed by atoms with E-state index in [1.54, 1.807) is 0 Å². The number of fused-ring (bicyclic) bond motifs is 1. The van der Waals surface area contributed by atoms with Crippen LogP contribution in [0.15, 0.2) is 30.3 Å². The molecule has 0 fully saturated rings. The summed E-state index contributed by atoms with van der Waals surface area (Å²) in [4.78, 5) is 24.3. The third-order valence-electron chi connectivity index (χ3n) is 4.52. The lowest BCUT2D eigenvalue weighted by Crippen LogP contribution is -2.17. The molecule has 1 aromatic heterocycles. The molecule has 0 saturated carbocycles. The Morgan fingerprint density at radius 2 is 1.74 bits per heavy atom. The second-order valence-electron chi connectivity index (χ2n) is 6.09. The first-order chi connectivity index (χ1) is 12.7. The number of aromatic nitrogens is 1. The third kappa shape index (κ3) is 2.73. The molecule has 1 heterocycles. The van der Waals surface area contributed by atoms with Crippen molar-refractivity contribution in [1.29, 1.82) is 0 Å². The first-order valence-corrected chi connectivity index (χ1v) is 7.90. The lowest BCUT2D eigenvalue weighted by Gasteiger charge is -2.10. The van der Waals surface area contributed by atoms with Crippen molar-refractivity contribution in [3.05, 3.63) is 64.6 Å². The van der Waals surface area contributed by atoms with Crippen LogP contribution in [0.3, 0.4) is 0 Å². The summed E-state index contributed by atoms with van der Waals surface area (Å²) in [7, 11) is 0. The topological polar surface area (TPSA) is 79.5 Å². The summed E-state index contributed by atoms with van der Waals surface area (Å²) in [6.07, 6.45) is 0. The van der Waals surface area contributed by atoms with Crippen LogP contribution in [0.1, 0.15) is 34.5 Å². The molecule has 0 aliphatic heterocycles. The number of halogens is 3. The molecule has 1 atom stereocenters. The highest BCUT2D eigenvalue weighted by Crippen LogP contribution is 2.37. The van der Waals surface area contributed by atoms with E-state index in [9.17, 15) is 33.0 Å². The van der Waals surface area contributed by atoms with Crippen molar-refractivity contribution in [2.45, 2.75) is 19.8 Å². The van der Waals surface area contributed by atoms with Crippen LogP contribution >= 0.6 is 0 Å². The van der Waals surface area contributed by atoms with Crippen LogP contribution in [0.2, 0.25) is 0 Å². The van der Waals surface area contributed by atoms with Gasteiger partial charge in [0.2, 0.25) is 0 Å². The number of hydrogen-bond donors (Lipinski definition) is 2. The van der Waals surface area contributed by atoms with E-state index in [-0.39, 0.29) is 22.2 Å². The minimum Gasteiger partial charge on any atom is -0.505 e. The largest absolute Gasteiger partial charge is 0.505 e. The van der Waals surface area contributed by atoms with E-state index in [1.165, 1.54) is 19.9 Å². The van der Waals surface area contributed by atoms with E-state index in [0.717, 1.165) is 28.8 Å². The monoisotopic (exact) mass is 377 g/mol. The Bertz CT molecular complexity index is 1100. The van der Waals surface area contributed by atoms with Gasteiger partial charge in [-0.3, -0.25) is 14.2 Å². The van der Waals surface area contributed by atoms with Gasteiger partial charge in [-0.25, -0.2) is 13.2 Å². The summed E-state index contributed by atoms with van der Waals surface area (Å²) in [5.41, 5.74) is -0.619. The number of nitrogens with zero attached hydrogens (tertiary/aromatic N) is 1. The van der Waals surface area contributed by atoms with E-state index in [2.05, 4.69) is 0 Å². The van der Waals surface area contributed by atoms with E-state index < -0.39 is 46.6 Å². The highest BCUT2D eigenvalue weighted by Gasteiger charge is 2.30. The first-order valence-electron chi connectivity index (χ1n) is 7.90. The fraction of sp³-hybridized carbons (Fsp3) is 0.158. The molecule has 5 nitrogen and oxygen atoms in total. The molecule has 0 amide bonds. The van der Waals surface area contributed by atoms with Crippen molar-refractivity contribution >= 4 is 22.8 Å². The Balaban J connectivity index is 2.39. The van der Waals surface area contributed by atoms with Crippen LogP contribution in [0.5, 0.6) is 5.75 Å². The SMILES string of the molecule is Cc1c([C@@H](C)C(=O)O)c2c(F)c(O)ccc2n1C(=O)c1cccc(F)c1F. The summed E-state index contributed by atoms with van der Waals surface area (Å²) in [5, 5.41) is 18.8. The van der Waals surface area contributed by atoms with Gasteiger partial charge < -0.3 is 10.2 Å². The second-order valence-corrected chi connectivity index (χ2v) is 6.09. The van der Waals surface area contributed by atoms with Crippen LogP contribution in [0.25, 0.3) is 10.9 Å². The molecule has 3 rings (SSSR count). The van der Waals surface area contributed by atoms with Crippen LogP contribution in [0.4, 0.5) is 13.2 Å². The molecule has 0 unspecified atom stereocenters. The summed E-state index contributed by atoms with van der Waals surface area (Å²) in [5.74, 6) is -7.87. The zero-order valence-electron chi connectivity index (χ0n) is 14.3. The second kappa shape index (κ2) is 6.46. The van der Waals surface area contributed by atoms with Gasteiger partial charge in [-0.05, 0) is 43.7 Å². The highest BCUT2D eigenvalue weighted by molar-refractivity contribution is 6.05. The van der Waals surface area contributed by atoms with Crippen molar-refractivity contribution in [1.82, 2.24) is 4.57 Å². The van der Waals surface area contributed by atoms with Gasteiger partial charge in [-0.1, -0.05) is 6.07 Å². The molecular weight excluding hydrogens is 363 g/mol. The summed E-state index contributed by atoms with van der Waals surface area (Å²) in [6, 6.07) is 5.29. The Labute approximate surface area is 151 Å². The molecule has 2 N–H and O–H groups in total. The number of phenolic OH excluding ortho intramolecular Hbond substituents is 1. The predicted octanol–water partition coefficient (Wildman–Crippen LogP) is 3.95. The molecule has 0 spiro atoms. The van der Waals surface area contributed by atoms with E-state index >= 15 is 0 Å². The van der Waals surface area contributed by atoms with Gasteiger partial charge in [0.1, 0.15) is 0 Å². The van der Waals surface area contributed by atoms with Crippen molar-refractivity contribution in [3.8, 4) is 5.75 Å². The molecule has 27 heavy (non-hydrogen) atoms. The fourth-order valence-electron chi connectivity index (χ4n) is 3.18. The molecule has 0 bridgehead atoms. The number of aliphatic carboxylic acids is 1. The lowest BCUT2D eigenvalue weighted by atomic mass is 9.97. The number of carbonyl (C=O) groups excluding carboxylic acids is 1. The average Bonchev–Trinajstić information content (AvgIpc) is 2.92. The zero-order chi connectivity index (χ0) is 20.0. The summed E-state index contributed by atoms with van der Waals surface area (Å²) in [6.45, 7) is 2.67. The third-order valence-corrected chi connectivity index (χ3v) is 4.52. The number of carboxylic acids is 1. The normalized spacial score (nSPS) is 12.3. The van der Waals surface area contributed by atoms with Gasteiger partial charge >= 0.3 is 5.97 Å². The van der Waals surface area contributed by atoms with E-state index in [1.807, 2.05) is 0 Å². The standard InChI is InChI=1S/C19H14F3NO4/c1-8(19(26)27)14-9(2)23(12-6-7-13(24)17(22)15(12)14)18(25)10-4-3-5-11(20)16(10)21/h3-8,24H,1-2H3,(H,26,27)/t8-/m1/s1. The summed E-state index contributed by atoms with van der Waals surface area (Å²) < 4.78 is 43.1. The molecule has 0 saturated heterocycles. The van der Waals surface area contributed by atoms with E-state index in [0.29, 0.717) is 0 Å². The molecular formula is C19H14F3NO4. The smallest absolute Gasteiger partial charge is 0.310 e. The maximum atomic E-state index is 14.6. The van der Waals surface area contributed by atoms with Gasteiger partial charge in [0.15, 0.2) is 23.2 Å². The van der Waals surface area contributed by atoms with Gasteiger partial charge in [0.05, 0.1) is 17.0 Å². The van der Waals surface area contributed by atoms with Crippen LogP contribution in [0, 0.1) is 24.4 Å². The maximum Gasteiger partial charge on any atom is 0.310 e. The molecule has 3 aromatic rings. The van der Waals surface area contributed by atoms with Crippen LogP contribution < -0.4 is 0 Å². The fourth-order valence-corrected chi connectivity index (χ4v) is 3.18. The van der Waals surface area contributed by atoms with Gasteiger partial charge in [-0.15, -0.1) is 0 Å². The lowest BCUT2D eigenvalue weighted by molar-refractivity contribution is -0.138. The number of carbonyl (C=O) groups is 2. The molecule has 140 valence electrons. The predicted molar refractivity (Wildman–Crippen MR) is 90.4 cm³/mol. The zero-order valence-corrected chi connectivity index (χ0v) is 14.3. The number of carboxylic acid groups (broad SMARTS) is 1. The minimum atomic E-state index is -1.36. The first kappa shape index (κ1) is 18.5.